The van der Waals surface area contributed by atoms with Gasteiger partial charge in [0.15, 0.2) is 0 Å². The van der Waals surface area contributed by atoms with E-state index in [0.29, 0.717) is 5.92 Å². The summed E-state index contributed by atoms with van der Waals surface area (Å²) in [7, 11) is 0. The van der Waals surface area contributed by atoms with Gasteiger partial charge in [-0.3, -0.25) is 4.79 Å². The fraction of sp³-hybridized carbons (Fsp3) is 0.786. The molecule has 0 bridgehead atoms. The Labute approximate surface area is 99.1 Å². The molecule has 0 spiro atoms. The zero-order valence-corrected chi connectivity index (χ0v) is 11.0. The molecule has 0 N–H and O–H groups in total. The summed E-state index contributed by atoms with van der Waals surface area (Å²) in [5.74, 6) is 1.16. The van der Waals surface area contributed by atoms with E-state index in [9.17, 15) is 4.79 Å². The molecule has 16 heavy (non-hydrogen) atoms. The van der Waals surface area contributed by atoms with Crippen molar-refractivity contribution >= 4 is 5.97 Å². The molecule has 0 aromatic carbocycles. The van der Waals surface area contributed by atoms with Gasteiger partial charge in [-0.2, -0.15) is 0 Å². The van der Waals surface area contributed by atoms with Gasteiger partial charge in [-0.15, -0.1) is 0 Å². The van der Waals surface area contributed by atoms with Crippen molar-refractivity contribution in [1.29, 1.82) is 0 Å². The lowest BCUT2D eigenvalue weighted by molar-refractivity contribution is -0.138. The normalized spacial score (nSPS) is 19.6. The zero-order chi connectivity index (χ0) is 12.2. The van der Waals surface area contributed by atoms with Crippen LogP contribution in [-0.4, -0.2) is 5.97 Å². The molecule has 0 unspecified atom stereocenters. The van der Waals surface area contributed by atoms with Crippen LogP contribution in [0.4, 0.5) is 0 Å². The fourth-order valence-corrected chi connectivity index (χ4v) is 2.21. The molecule has 0 saturated heterocycles. The van der Waals surface area contributed by atoms with E-state index in [4.69, 9.17) is 4.74 Å². The lowest BCUT2D eigenvalue weighted by Gasteiger charge is -2.26. The molecule has 2 nitrogen and oxygen atoms in total. The summed E-state index contributed by atoms with van der Waals surface area (Å²) in [5.41, 5.74) is 0.0717. The predicted octanol–water partition coefficient (Wildman–Crippen LogP) is 4.06. The lowest BCUT2D eigenvalue weighted by Crippen LogP contribution is -2.16. The number of allylic oxidation sites excluding steroid dienone is 2. The van der Waals surface area contributed by atoms with Crippen LogP contribution in [-0.2, 0) is 9.53 Å². The van der Waals surface area contributed by atoms with Gasteiger partial charge in [-0.25, -0.2) is 0 Å². The molecule has 0 radical (unpaired) electrons. The zero-order valence-electron chi connectivity index (χ0n) is 11.0. The van der Waals surface area contributed by atoms with Gasteiger partial charge in [0.05, 0.1) is 0 Å². The van der Waals surface area contributed by atoms with E-state index in [2.05, 4.69) is 26.8 Å². The Balaban J connectivity index is 2.77. The number of rotatable bonds is 2. The largest absolute Gasteiger partial charge is 0.431 e. The summed E-state index contributed by atoms with van der Waals surface area (Å²) in [6, 6.07) is 0. The van der Waals surface area contributed by atoms with E-state index in [1.807, 2.05) is 0 Å². The standard InChI is InChI=1S/C14H24O2/c1-11(15)16-13(10-14(2,3)4)12-8-6-5-7-9-12/h10,12H,5-9H2,1-4H3/b13-10-. The number of ether oxygens (including phenoxy) is 1. The highest BCUT2D eigenvalue weighted by atomic mass is 16.5. The quantitative estimate of drug-likeness (QED) is 0.522. The van der Waals surface area contributed by atoms with E-state index >= 15 is 0 Å². The molecule has 92 valence electrons. The first-order valence-corrected chi connectivity index (χ1v) is 6.29. The van der Waals surface area contributed by atoms with E-state index in [-0.39, 0.29) is 11.4 Å². The Morgan fingerprint density at radius 1 is 1.19 bits per heavy atom. The van der Waals surface area contributed by atoms with Crippen LogP contribution in [0, 0.1) is 11.3 Å². The second-order valence-corrected chi connectivity index (χ2v) is 5.84. The third-order valence-electron chi connectivity index (χ3n) is 2.84. The van der Waals surface area contributed by atoms with E-state index in [0.717, 1.165) is 18.6 Å². The van der Waals surface area contributed by atoms with Gasteiger partial charge < -0.3 is 4.74 Å². The van der Waals surface area contributed by atoms with Crippen molar-refractivity contribution in [2.24, 2.45) is 11.3 Å². The average Bonchev–Trinajstić information content (AvgIpc) is 2.15. The molecule has 0 aromatic rings. The molecule has 0 aromatic heterocycles. The Morgan fingerprint density at radius 2 is 1.75 bits per heavy atom. The highest BCUT2D eigenvalue weighted by Gasteiger charge is 2.22. The predicted molar refractivity (Wildman–Crippen MR) is 65.9 cm³/mol. The molecular formula is C14H24O2. The summed E-state index contributed by atoms with van der Waals surface area (Å²) in [6.07, 6.45) is 8.27. The van der Waals surface area contributed by atoms with Crippen molar-refractivity contribution in [1.82, 2.24) is 0 Å². The molecule has 2 heteroatoms. The van der Waals surface area contributed by atoms with Crippen molar-refractivity contribution in [3.05, 3.63) is 11.8 Å². The number of carbonyl (C=O) groups is 1. The third kappa shape index (κ3) is 4.82. The molecule has 0 aliphatic heterocycles. The van der Waals surface area contributed by atoms with Crippen molar-refractivity contribution in [2.45, 2.75) is 59.8 Å². The third-order valence-corrected chi connectivity index (χ3v) is 2.84. The minimum Gasteiger partial charge on any atom is -0.431 e. The molecule has 1 fully saturated rings. The van der Waals surface area contributed by atoms with Gasteiger partial charge in [0.25, 0.3) is 0 Å². The van der Waals surface area contributed by atoms with Gasteiger partial charge in [0, 0.05) is 12.8 Å². The summed E-state index contributed by atoms with van der Waals surface area (Å²) in [5, 5.41) is 0. The Bertz CT molecular complexity index is 265. The smallest absolute Gasteiger partial charge is 0.307 e. The van der Waals surface area contributed by atoms with Crippen LogP contribution < -0.4 is 0 Å². The van der Waals surface area contributed by atoms with Crippen LogP contribution in [0.25, 0.3) is 0 Å². The Hall–Kier alpha value is -0.790. The lowest BCUT2D eigenvalue weighted by atomic mass is 9.84. The highest BCUT2D eigenvalue weighted by molar-refractivity contribution is 5.67. The van der Waals surface area contributed by atoms with Crippen molar-refractivity contribution in [3.63, 3.8) is 0 Å². The Kier molecular flexibility index (Phi) is 4.57. The first-order chi connectivity index (χ1) is 7.38. The molecule has 0 atom stereocenters. The fourth-order valence-electron chi connectivity index (χ4n) is 2.21. The van der Waals surface area contributed by atoms with Gasteiger partial charge >= 0.3 is 5.97 Å². The summed E-state index contributed by atoms with van der Waals surface area (Å²) in [6.45, 7) is 7.90. The van der Waals surface area contributed by atoms with Gasteiger partial charge in [-0.1, -0.05) is 40.0 Å². The first kappa shape index (κ1) is 13.3. The van der Waals surface area contributed by atoms with Crippen LogP contribution in [0.1, 0.15) is 59.8 Å². The topological polar surface area (TPSA) is 26.3 Å². The Morgan fingerprint density at radius 3 is 2.19 bits per heavy atom. The van der Waals surface area contributed by atoms with E-state index in [1.165, 1.54) is 26.2 Å². The minimum absolute atomic E-state index is 0.0717. The molecule has 0 amide bonds. The van der Waals surface area contributed by atoms with Crippen LogP contribution in [0.5, 0.6) is 0 Å². The van der Waals surface area contributed by atoms with Crippen LogP contribution in [0.3, 0.4) is 0 Å². The molecule has 1 aliphatic rings. The number of esters is 1. The average molecular weight is 224 g/mol. The molecule has 1 rings (SSSR count). The maximum Gasteiger partial charge on any atom is 0.307 e. The summed E-state index contributed by atoms with van der Waals surface area (Å²) in [4.78, 5) is 11.1. The van der Waals surface area contributed by atoms with Gasteiger partial charge in [0.1, 0.15) is 5.76 Å². The SMILES string of the molecule is CC(=O)O/C(=C\C(C)(C)C)C1CCCCC1. The highest BCUT2D eigenvalue weighted by Crippen LogP contribution is 2.32. The summed E-state index contributed by atoms with van der Waals surface area (Å²) >= 11 is 0. The second-order valence-electron chi connectivity index (χ2n) is 5.84. The molecule has 1 aliphatic carbocycles. The first-order valence-electron chi connectivity index (χ1n) is 6.29. The van der Waals surface area contributed by atoms with Crippen LogP contribution in [0.15, 0.2) is 11.8 Å². The maximum atomic E-state index is 11.1. The number of carbonyl (C=O) groups excluding carboxylic acids is 1. The van der Waals surface area contributed by atoms with Gasteiger partial charge in [0.2, 0.25) is 0 Å². The molecule has 0 heterocycles. The summed E-state index contributed by atoms with van der Waals surface area (Å²) < 4.78 is 5.39. The van der Waals surface area contributed by atoms with Crippen LogP contribution >= 0.6 is 0 Å². The minimum atomic E-state index is -0.193. The van der Waals surface area contributed by atoms with E-state index in [1.54, 1.807) is 0 Å². The van der Waals surface area contributed by atoms with E-state index < -0.39 is 0 Å². The molecule has 1 saturated carbocycles. The maximum absolute atomic E-state index is 11.1. The van der Waals surface area contributed by atoms with Crippen LogP contribution in [0.2, 0.25) is 0 Å². The number of hydrogen-bond donors (Lipinski definition) is 0. The molecular weight excluding hydrogens is 200 g/mol. The number of hydrogen-bond acceptors (Lipinski definition) is 2. The monoisotopic (exact) mass is 224 g/mol. The van der Waals surface area contributed by atoms with Crippen molar-refractivity contribution in [2.75, 3.05) is 0 Å². The van der Waals surface area contributed by atoms with Crippen molar-refractivity contribution in [3.8, 4) is 0 Å². The van der Waals surface area contributed by atoms with Crippen molar-refractivity contribution < 1.29 is 9.53 Å². The second kappa shape index (κ2) is 5.51. The van der Waals surface area contributed by atoms with Gasteiger partial charge in [-0.05, 0) is 24.3 Å².